The van der Waals surface area contributed by atoms with Crippen molar-refractivity contribution in [2.45, 2.75) is 12.6 Å². The Bertz CT molecular complexity index is 1090. The second-order valence-corrected chi connectivity index (χ2v) is 6.25. The smallest absolute Gasteiger partial charge is 0.270 e. The van der Waals surface area contributed by atoms with Crippen LogP contribution in [0, 0.1) is 0 Å². The predicted molar refractivity (Wildman–Crippen MR) is 101 cm³/mol. The molecule has 1 atom stereocenters. The largest absolute Gasteiger partial charge is 0.481 e. The fourth-order valence-electron chi connectivity index (χ4n) is 3.01. The van der Waals surface area contributed by atoms with Gasteiger partial charge >= 0.3 is 0 Å². The van der Waals surface area contributed by atoms with Crippen LogP contribution < -0.4 is 15.6 Å². The van der Waals surface area contributed by atoms with Crippen molar-refractivity contribution in [2.75, 3.05) is 20.3 Å². The second-order valence-electron chi connectivity index (χ2n) is 6.25. The van der Waals surface area contributed by atoms with Crippen molar-refractivity contribution in [2.24, 2.45) is 0 Å². The molecular weight excluding hydrogens is 376 g/mol. The summed E-state index contributed by atoms with van der Waals surface area (Å²) in [7, 11) is 1.48. The van der Waals surface area contributed by atoms with Crippen LogP contribution in [0.5, 0.6) is 5.88 Å². The molecule has 1 aliphatic rings. The van der Waals surface area contributed by atoms with E-state index in [-0.39, 0.29) is 17.9 Å². The Kier molecular flexibility index (Phi) is 5.25. The summed E-state index contributed by atoms with van der Waals surface area (Å²) in [5, 5.41) is 2.85. The fraction of sp³-hybridized carbons (Fsp3) is 0.263. The van der Waals surface area contributed by atoms with Gasteiger partial charge in [-0.1, -0.05) is 6.07 Å². The molecule has 0 spiro atoms. The molecule has 4 heterocycles. The highest BCUT2D eigenvalue weighted by atomic mass is 16.5. The third-order valence-corrected chi connectivity index (χ3v) is 4.41. The van der Waals surface area contributed by atoms with Gasteiger partial charge in [-0.2, -0.15) is 0 Å². The molecule has 4 rings (SSSR count). The fourth-order valence-corrected chi connectivity index (χ4v) is 3.01. The summed E-state index contributed by atoms with van der Waals surface area (Å²) in [4.78, 5) is 42.2. The van der Waals surface area contributed by atoms with Crippen LogP contribution in [0.25, 0.3) is 11.4 Å². The topological polar surface area (TPSA) is 121 Å². The van der Waals surface area contributed by atoms with Gasteiger partial charge in [-0.25, -0.2) is 19.9 Å². The summed E-state index contributed by atoms with van der Waals surface area (Å²) >= 11 is 0. The number of aromatic nitrogens is 5. The van der Waals surface area contributed by atoms with Crippen molar-refractivity contribution in [3.05, 3.63) is 64.7 Å². The van der Waals surface area contributed by atoms with Gasteiger partial charge in [-0.05, 0) is 12.1 Å². The molecular formula is C19H18N6O4. The molecule has 0 bridgehead atoms. The number of hydrogen-bond donors (Lipinski definition) is 1. The molecule has 0 fully saturated rings. The highest BCUT2D eigenvalue weighted by Gasteiger charge is 2.25. The maximum Gasteiger partial charge on any atom is 0.270 e. The Morgan fingerprint density at radius 2 is 2.17 bits per heavy atom. The van der Waals surface area contributed by atoms with Crippen LogP contribution in [-0.2, 0) is 11.3 Å². The van der Waals surface area contributed by atoms with Gasteiger partial charge in [0.2, 0.25) is 5.88 Å². The lowest BCUT2D eigenvalue weighted by molar-refractivity contribution is 0.0850. The van der Waals surface area contributed by atoms with Crippen molar-refractivity contribution in [3.63, 3.8) is 0 Å². The molecule has 0 radical (unpaired) electrons. The monoisotopic (exact) mass is 394 g/mol. The van der Waals surface area contributed by atoms with Gasteiger partial charge in [0.05, 0.1) is 38.3 Å². The molecule has 3 aromatic rings. The van der Waals surface area contributed by atoms with Crippen LogP contribution in [0.4, 0.5) is 0 Å². The lowest BCUT2D eigenvalue weighted by Gasteiger charge is -2.19. The molecule has 29 heavy (non-hydrogen) atoms. The van der Waals surface area contributed by atoms with E-state index in [0.717, 1.165) is 0 Å². The number of fused-ring (bicyclic) bond motifs is 1. The first kappa shape index (κ1) is 18.7. The number of pyridine rings is 1. The minimum absolute atomic E-state index is 0.176. The van der Waals surface area contributed by atoms with E-state index in [0.29, 0.717) is 36.2 Å². The normalized spacial score (nSPS) is 15.8. The van der Waals surface area contributed by atoms with E-state index in [4.69, 9.17) is 9.47 Å². The minimum atomic E-state index is -0.632. The number of hydrogen-bond acceptors (Lipinski definition) is 8. The summed E-state index contributed by atoms with van der Waals surface area (Å²) in [5.41, 5.74) is 0.872. The van der Waals surface area contributed by atoms with Crippen molar-refractivity contribution in [1.29, 1.82) is 0 Å². The first-order valence-electron chi connectivity index (χ1n) is 8.93. The van der Waals surface area contributed by atoms with Gasteiger partial charge in [-0.15, -0.1) is 0 Å². The molecule has 0 saturated carbocycles. The van der Waals surface area contributed by atoms with Gasteiger partial charge in [0.25, 0.3) is 11.5 Å². The van der Waals surface area contributed by atoms with Gasteiger partial charge in [0.15, 0.2) is 0 Å². The minimum Gasteiger partial charge on any atom is -0.481 e. The van der Waals surface area contributed by atoms with E-state index >= 15 is 0 Å². The number of nitrogens with zero attached hydrogens (tertiary/aromatic N) is 5. The zero-order valence-corrected chi connectivity index (χ0v) is 15.6. The Morgan fingerprint density at radius 1 is 1.28 bits per heavy atom. The number of carbonyl (C=O) groups excluding carboxylic acids is 1. The third-order valence-electron chi connectivity index (χ3n) is 4.41. The molecule has 0 aromatic carbocycles. The number of methoxy groups -OCH3 is 1. The third kappa shape index (κ3) is 3.97. The Labute approximate surface area is 165 Å². The number of carbonyl (C=O) groups is 1. The first-order chi connectivity index (χ1) is 14.2. The van der Waals surface area contributed by atoms with Crippen LogP contribution in [-0.4, -0.2) is 50.7 Å². The summed E-state index contributed by atoms with van der Waals surface area (Å²) < 4.78 is 12.2. The average Bonchev–Trinajstić information content (AvgIpc) is 2.97. The van der Waals surface area contributed by atoms with Gasteiger partial charge in [0, 0.05) is 18.3 Å². The lowest BCUT2D eigenvalue weighted by Crippen LogP contribution is -2.36. The standard InChI is InChI=1S/C19H18N6O4/c1-28-16-4-2-3-13(22-16)19(27)24-15-10-29-8-7-25-17(26)9-14(23-18(15)25)12-5-6-20-11-21-12/h2-6,9,11,15H,7-8,10H2,1H3,(H,24,27). The van der Waals surface area contributed by atoms with E-state index < -0.39 is 11.9 Å². The van der Waals surface area contributed by atoms with E-state index in [1.54, 1.807) is 30.5 Å². The molecule has 10 heteroatoms. The molecule has 0 saturated heterocycles. The summed E-state index contributed by atoms with van der Waals surface area (Å²) in [6.07, 6.45) is 2.96. The molecule has 1 amide bonds. The highest BCUT2D eigenvalue weighted by Crippen LogP contribution is 2.19. The van der Waals surface area contributed by atoms with E-state index in [2.05, 4.69) is 25.3 Å². The van der Waals surface area contributed by atoms with Gasteiger partial charge in [0.1, 0.15) is 23.9 Å². The zero-order valence-electron chi connectivity index (χ0n) is 15.6. The average molecular weight is 394 g/mol. The molecule has 10 nitrogen and oxygen atoms in total. The second kappa shape index (κ2) is 8.15. The maximum atomic E-state index is 12.7. The first-order valence-corrected chi connectivity index (χ1v) is 8.93. The summed E-state index contributed by atoms with van der Waals surface area (Å²) in [6, 6.07) is 7.35. The molecule has 1 aliphatic heterocycles. The Hall–Kier alpha value is -3.66. The summed E-state index contributed by atoms with van der Waals surface area (Å²) in [5.74, 6) is 0.308. The number of rotatable bonds is 4. The van der Waals surface area contributed by atoms with E-state index in [1.165, 1.54) is 24.1 Å². The number of amides is 1. The quantitative estimate of drug-likeness (QED) is 0.683. The number of nitrogens with one attached hydrogen (secondary N) is 1. The van der Waals surface area contributed by atoms with Crippen molar-refractivity contribution < 1.29 is 14.3 Å². The van der Waals surface area contributed by atoms with Crippen LogP contribution in [0.2, 0.25) is 0 Å². The zero-order chi connectivity index (χ0) is 20.2. The maximum absolute atomic E-state index is 12.7. The van der Waals surface area contributed by atoms with Gasteiger partial charge < -0.3 is 14.8 Å². The van der Waals surface area contributed by atoms with Gasteiger partial charge in [-0.3, -0.25) is 14.2 Å². The van der Waals surface area contributed by atoms with Crippen LogP contribution >= 0.6 is 0 Å². The van der Waals surface area contributed by atoms with E-state index in [1.807, 2.05) is 0 Å². The molecule has 148 valence electrons. The highest BCUT2D eigenvalue weighted by molar-refractivity contribution is 5.92. The summed E-state index contributed by atoms with van der Waals surface area (Å²) in [6.45, 7) is 0.857. The van der Waals surface area contributed by atoms with Crippen molar-refractivity contribution in [3.8, 4) is 17.3 Å². The van der Waals surface area contributed by atoms with Crippen LogP contribution in [0.1, 0.15) is 22.4 Å². The lowest BCUT2D eigenvalue weighted by atomic mass is 10.2. The van der Waals surface area contributed by atoms with Crippen molar-refractivity contribution >= 4 is 5.91 Å². The van der Waals surface area contributed by atoms with Crippen molar-refractivity contribution in [1.82, 2.24) is 29.8 Å². The molecule has 0 aliphatic carbocycles. The Morgan fingerprint density at radius 3 is 2.97 bits per heavy atom. The SMILES string of the molecule is COc1cccc(C(=O)NC2COCCn3c2nc(-c2ccncn2)cc3=O)n1. The molecule has 3 aromatic heterocycles. The Balaban J connectivity index is 1.70. The van der Waals surface area contributed by atoms with Crippen LogP contribution in [0.15, 0.2) is 47.7 Å². The van der Waals surface area contributed by atoms with Crippen LogP contribution in [0.3, 0.4) is 0 Å². The predicted octanol–water partition coefficient (Wildman–Crippen LogP) is 0.605. The molecule has 1 N–H and O–H groups in total. The number of ether oxygens (including phenoxy) is 2. The van der Waals surface area contributed by atoms with E-state index in [9.17, 15) is 9.59 Å². The molecule has 1 unspecified atom stereocenters.